The Balaban J connectivity index is 2.09. The zero-order valence-electron chi connectivity index (χ0n) is 11.2. The Labute approximate surface area is 123 Å². The quantitative estimate of drug-likeness (QED) is 0.882. The molecule has 0 aliphatic heterocycles. The zero-order valence-corrected chi connectivity index (χ0v) is 12.0. The van der Waals surface area contributed by atoms with E-state index in [1.807, 2.05) is 31.2 Å². The van der Waals surface area contributed by atoms with E-state index < -0.39 is 5.82 Å². The molecule has 0 aliphatic carbocycles. The number of rotatable bonds is 5. The van der Waals surface area contributed by atoms with E-state index in [0.717, 1.165) is 5.56 Å². The first-order valence-electron chi connectivity index (χ1n) is 6.45. The molecule has 20 heavy (non-hydrogen) atoms. The van der Waals surface area contributed by atoms with Crippen LogP contribution < -0.4 is 5.32 Å². The molecule has 0 bridgehead atoms. The summed E-state index contributed by atoms with van der Waals surface area (Å²) < 4.78 is 13.5. The molecule has 4 heteroatoms. The van der Waals surface area contributed by atoms with Crippen molar-refractivity contribution in [1.29, 1.82) is 0 Å². The van der Waals surface area contributed by atoms with Crippen LogP contribution in [0.1, 0.15) is 22.7 Å². The van der Waals surface area contributed by atoms with Gasteiger partial charge in [-0.2, -0.15) is 0 Å². The van der Waals surface area contributed by atoms with E-state index in [-0.39, 0.29) is 17.7 Å². The van der Waals surface area contributed by atoms with Gasteiger partial charge in [-0.1, -0.05) is 41.9 Å². The van der Waals surface area contributed by atoms with Gasteiger partial charge in [-0.15, -0.1) is 0 Å². The van der Waals surface area contributed by atoms with Crippen LogP contribution in [-0.4, -0.2) is 11.7 Å². The summed E-state index contributed by atoms with van der Waals surface area (Å²) in [6, 6.07) is 12.3. The van der Waals surface area contributed by atoms with Crippen molar-refractivity contribution in [2.75, 3.05) is 6.61 Å². The lowest BCUT2D eigenvalue weighted by atomic mass is 10.1. The first kappa shape index (κ1) is 15.0. The van der Waals surface area contributed by atoms with Gasteiger partial charge < -0.3 is 10.4 Å². The molecule has 0 heterocycles. The molecule has 0 amide bonds. The van der Waals surface area contributed by atoms with Crippen LogP contribution in [0.3, 0.4) is 0 Å². The van der Waals surface area contributed by atoms with Crippen LogP contribution in [0.2, 0.25) is 5.02 Å². The maximum absolute atomic E-state index is 13.5. The molecule has 2 N–H and O–H groups in total. The van der Waals surface area contributed by atoms with E-state index in [1.165, 1.54) is 17.7 Å². The van der Waals surface area contributed by atoms with Crippen molar-refractivity contribution in [3.8, 4) is 0 Å². The van der Waals surface area contributed by atoms with E-state index in [4.69, 9.17) is 11.6 Å². The highest BCUT2D eigenvalue weighted by atomic mass is 35.5. The number of aliphatic hydroxyl groups is 1. The molecule has 0 spiro atoms. The van der Waals surface area contributed by atoms with Crippen LogP contribution in [-0.2, 0) is 6.54 Å². The minimum atomic E-state index is -0.472. The summed E-state index contributed by atoms with van der Waals surface area (Å²) in [7, 11) is 0. The number of aryl methyl sites for hydroxylation is 1. The summed E-state index contributed by atoms with van der Waals surface area (Å²) in [5, 5.41) is 12.8. The fourth-order valence-corrected chi connectivity index (χ4v) is 2.18. The molecule has 2 nitrogen and oxygen atoms in total. The summed E-state index contributed by atoms with van der Waals surface area (Å²) in [5.74, 6) is -0.472. The van der Waals surface area contributed by atoms with Crippen LogP contribution in [0.5, 0.6) is 0 Å². The summed E-state index contributed by atoms with van der Waals surface area (Å²) in [5.41, 5.74) is 3.02. The summed E-state index contributed by atoms with van der Waals surface area (Å²) in [6.45, 7) is 2.54. The minimum Gasteiger partial charge on any atom is -0.394 e. The van der Waals surface area contributed by atoms with Crippen LogP contribution in [0, 0.1) is 12.7 Å². The molecule has 0 saturated carbocycles. The maximum Gasteiger partial charge on any atom is 0.142 e. The van der Waals surface area contributed by atoms with Crippen LogP contribution in [0.25, 0.3) is 0 Å². The maximum atomic E-state index is 13.5. The van der Waals surface area contributed by atoms with Gasteiger partial charge in [0.25, 0.3) is 0 Å². The van der Waals surface area contributed by atoms with Gasteiger partial charge >= 0.3 is 0 Å². The Kier molecular flexibility index (Phi) is 5.12. The molecule has 0 saturated heterocycles. The Bertz CT molecular complexity index is 588. The van der Waals surface area contributed by atoms with E-state index in [0.29, 0.717) is 12.1 Å². The summed E-state index contributed by atoms with van der Waals surface area (Å²) in [4.78, 5) is 0. The molecule has 2 aromatic carbocycles. The Morgan fingerprint density at radius 2 is 2.00 bits per heavy atom. The SMILES string of the molecule is Cc1ccccc1CNC(CO)c1ccc(Cl)c(F)c1. The fraction of sp³-hybridized carbons (Fsp3) is 0.250. The Morgan fingerprint density at radius 1 is 1.25 bits per heavy atom. The van der Waals surface area contributed by atoms with Gasteiger partial charge in [0.2, 0.25) is 0 Å². The zero-order chi connectivity index (χ0) is 14.5. The fourth-order valence-electron chi connectivity index (χ4n) is 2.06. The molecule has 2 rings (SSSR count). The largest absolute Gasteiger partial charge is 0.394 e. The van der Waals surface area contributed by atoms with Gasteiger partial charge in [-0.05, 0) is 35.7 Å². The molecule has 0 radical (unpaired) electrons. The van der Waals surface area contributed by atoms with Crippen molar-refractivity contribution in [2.24, 2.45) is 0 Å². The Hall–Kier alpha value is -1.42. The molecule has 1 atom stereocenters. The van der Waals surface area contributed by atoms with Crippen LogP contribution in [0.15, 0.2) is 42.5 Å². The van der Waals surface area contributed by atoms with E-state index in [1.54, 1.807) is 6.07 Å². The van der Waals surface area contributed by atoms with Crippen molar-refractivity contribution in [3.63, 3.8) is 0 Å². The molecular formula is C16H17ClFNO. The van der Waals surface area contributed by atoms with Crippen molar-refractivity contribution >= 4 is 11.6 Å². The van der Waals surface area contributed by atoms with Crippen LogP contribution >= 0.6 is 11.6 Å². The second kappa shape index (κ2) is 6.84. The third-order valence-electron chi connectivity index (χ3n) is 3.33. The van der Waals surface area contributed by atoms with E-state index >= 15 is 0 Å². The van der Waals surface area contributed by atoms with E-state index in [9.17, 15) is 9.50 Å². The molecule has 2 aromatic rings. The Morgan fingerprint density at radius 3 is 2.65 bits per heavy atom. The number of aliphatic hydroxyl groups excluding tert-OH is 1. The molecule has 106 valence electrons. The topological polar surface area (TPSA) is 32.3 Å². The van der Waals surface area contributed by atoms with Gasteiger partial charge in [-0.3, -0.25) is 0 Å². The van der Waals surface area contributed by atoms with Gasteiger partial charge in [-0.25, -0.2) is 4.39 Å². The average molecular weight is 294 g/mol. The third-order valence-corrected chi connectivity index (χ3v) is 3.64. The number of nitrogens with one attached hydrogen (secondary N) is 1. The standard InChI is InChI=1S/C16H17ClFNO/c1-11-4-2-3-5-13(11)9-19-16(10-20)12-6-7-14(17)15(18)8-12/h2-8,16,19-20H,9-10H2,1H3. The van der Waals surface area contributed by atoms with Gasteiger partial charge in [0, 0.05) is 6.54 Å². The van der Waals surface area contributed by atoms with Crippen molar-refractivity contribution in [3.05, 3.63) is 70.0 Å². The highest BCUT2D eigenvalue weighted by molar-refractivity contribution is 6.30. The monoisotopic (exact) mass is 293 g/mol. The molecule has 0 aliphatic rings. The summed E-state index contributed by atoms with van der Waals surface area (Å²) in [6.07, 6.45) is 0. The van der Waals surface area contributed by atoms with E-state index in [2.05, 4.69) is 5.32 Å². The second-order valence-corrected chi connectivity index (χ2v) is 5.12. The lowest BCUT2D eigenvalue weighted by molar-refractivity contribution is 0.243. The lowest BCUT2D eigenvalue weighted by Gasteiger charge is -2.18. The second-order valence-electron chi connectivity index (χ2n) is 4.72. The number of benzene rings is 2. The predicted octanol–water partition coefficient (Wildman–Crippen LogP) is 3.61. The van der Waals surface area contributed by atoms with Crippen LogP contribution in [0.4, 0.5) is 4.39 Å². The number of hydrogen-bond donors (Lipinski definition) is 2. The number of halogens is 2. The van der Waals surface area contributed by atoms with Crippen molar-refractivity contribution in [2.45, 2.75) is 19.5 Å². The normalized spacial score (nSPS) is 12.4. The number of hydrogen-bond acceptors (Lipinski definition) is 2. The van der Waals surface area contributed by atoms with Gasteiger partial charge in [0.15, 0.2) is 0 Å². The first-order chi connectivity index (χ1) is 9.61. The van der Waals surface area contributed by atoms with Gasteiger partial charge in [0.05, 0.1) is 17.7 Å². The first-order valence-corrected chi connectivity index (χ1v) is 6.83. The average Bonchev–Trinajstić information content (AvgIpc) is 2.45. The molecular weight excluding hydrogens is 277 g/mol. The van der Waals surface area contributed by atoms with Crippen molar-refractivity contribution in [1.82, 2.24) is 5.32 Å². The molecule has 0 aromatic heterocycles. The predicted molar refractivity (Wildman–Crippen MR) is 79.3 cm³/mol. The third kappa shape index (κ3) is 3.57. The highest BCUT2D eigenvalue weighted by Gasteiger charge is 2.12. The smallest absolute Gasteiger partial charge is 0.142 e. The molecule has 1 unspecified atom stereocenters. The van der Waals surface area contributed by atoms with Gasteiger partial charge in [0.1, 0.15) is 5.82 Å². The molecule has 0 fully saturated rings. The van der Waals surface area contributed by atoms with Crippen molar-refractivity contribution < 1.29 is 9.50 Å². The lowest BCUT2D eigenvalue weighted by Crippen LogP contribution is -2.24. The minimum absolute atomic E-state index is 0.0874. The summed E-state index contributed by atoms with van der Waals surface area (Å²) >= 11 is 5.66. The highest BCUT2D eigenvalue weighted by Crippen LogP contribution is 2.20.